The smallest absolute Gasteiger partial charge is 0.185 e. The van der Waals surface area contributed by atoms with Crippen LogP contribution in [0.15, 0.2) is 24.8 Å². The van der Waals surface area contributed by atoms with E-state index in [1.807, 2.05) is 32.9 Å². The van der Waals surface area contributed by atoms with E-state index in [1.165, 1.54) is 6.08 Å². The minimum Gasteiger partial charge on any atom is -0.494 e. The van der Waals surface area contributed by atoms with Gasteiger partial charge in [0.15, 0.2) is 5.78 Å². The van der Waals surface area contributed by atoms with E-state index in [9.17, 15) is 4.79 Å². The monoisotopic (exact) mass is 204 g/mol. The molecule has 0 fully saturated rings. The van der Waals surface area contributed by atoms with E-state index >= 15 is 0 Å². The molecular formula is C13H16O2. The molecule has 0 aromatic heterocycles. The van der Waals surface area contributed by atoms with Crippen molar-refractivity contribution in [1.82, 2.24) is 0 Å². The fourth-order valence-corrected chi connectivity index (χ4v) is 1.66. The number of benzene rings is 1. The molecule has 0 unspecified atom stereocenters. The van der Waals surface area contributed by atoms with Gasteiger partial charge in [0.25, 0.3) is 0 Å². The Hall–Kier alpha value is -1.57. The summed E-state index contributed by atoms with van der Waals surface area (Å²) in [7, 11) is 0. The van der Waals surface area contributed by atoms with Gasteiger partial charge in [-0.1, -0.05) is 6.58 Å². The van der Waals surface area contributed by atoms with Gasteiger partial charge in [-0.15, -0.1) is 0 Å². The van der Waals surface area contributed by atoms with E-state index in [0.717, 1.165) is 22.4 Å². The van der Waals surface area contributed by atoms with Crippen molar-refractivity contribution < 1.29 is 9.53 Å². The Balaban J connectivity index is 3.20. The number of ether oxygens (including phenoxy) is 1. The van der Waals surface area contributed by atoms with Crippen LogP contribution in [0.4, 0.5) is 0 Å². The minimum atomic E-state index is -0.0342. The highest BCUT2D eigenvalue weighted by Crippen LogP contribution is 2.22. The van der Waals surface area contributed by atoms with E-state index in [0.29, 0.717) is 6.61 Å². The summed E-state index contributed by atoms with van der Waals surface area (Å²) in [6.45, 7) is 9.89. The first-order valence-corrected chi connectivity index (χ1v) is 5.01. The molecule has 0 amide bonds. The van der Waals surface area contributed by atoms with Gasteiger partial charge in [0.2, 0.25) is 0 Å². The van der Waals surface area contributed by atoms with Gasteiger partial charge in [-0.3, -0.25) is 4.79 Å². The van der Waals surface area contributed by atoms with Crippen LogP contribution < -0.4 is 4.74 Å². The maximum absolute atomic E-state index is 11.6. The van der Waals surface area contributed by atoms with Crippen molar-refractivity contribution >= 4 is 5.78 Å². The van der Waals surface area contributed by atoms with Crippen LogP contribution in [0.1, 0.15) is 28.4 Å². The Morgan fingerprint density at radius 3 is 2.33 bits per heavy atom. The maximum atomic E-state index is 11.6. The number of hydrogen-bond donors (Lipinski definition) is 0. The number of allylic oxidation sites excluding steroid dienone is 1. The standard InChI is InChI=1S/C13H16O2/c1-5-12(14)13-9(3)7-11(15-6-2)8-10(13)4/h5,7-8H,1,6H2,2-4H3. The van der Waals surface area contributed by atoms with E-state index < -0.39 is 0 Å². The van der Waals surface area contributed by atoms with Gasteiger partial charge in [-0.05, 0) is 50.1 Å². The Morgan fingerprint density at radius 1 is 1.40 bits per heavy atom. The molecule has 1 rings (SSSR count). The van der Waals surface area contributed by atoms with Gasteiger partial charge in [0.1, 0.15) is 5.75 Å². The number of carbonyl (C=O) groups excluding carboxylic acids is 1. The summed E-state index contributed by atoms with van der Waals surface area (Å²) in [6.07, 6.45) is 1.34. The van der Waals surface area contributed by atoms with Crippen LogP contribution in [0.5, 0.6) is 5.75 Å². The van der Waals surface area contributed by atoms with Crippen molar-refractivity contribution in [2.75, 3.05) is 6.61 Å². The Labute approximate surface area is 90.6 Å². The first kappa shape index (κ1) is 11.5. The molecule has 80 valence electrons. The van der Waals surface area contributed by atoms with Crippen LogP contribution in [0, 0.1) is 13.8 Å². The molecule has 15 heavy (non-hydrogen) atoms. The van der Waals surface area contributed by atoms with Crippen molar-refractivity contribution in [3.8, 4) is 5.75 Å². The van der Waals surface area contributed by atoms with E-state index in [4.69, 9.17) is 4.74 Å². The fraction of sp³-hybridized carbons (Fsp3) is 0.308. The van der Waals surface area contributed by atoms with Crippen molar-refractivity contribution in [1.29, 1.82) is 0 Å². The lowest BCUT2D eigenvalue weighted by atomic mass is 9.99. The van der Waals surface area contributed by atoms with Crippen molar-refractivity contribution in [3.05, 3.63) is 41.5 Å². The van der Waals surface area contributed by atoms with Gasteiger partial charge in [-0.25, -0.2) is 0 Å². The highest BCUT2D eigenvalue weighted by Gasteiger charge is 2.10. The molecule has 0 atom stereocenters. The summed E-state index contributed by atoms with van der Waals surface area (Å²) < 4.78 is 5.40. The fourth-order valence-electron chi connectivity index (χ4n) is 1.66. The topological polar surface area (TPSA) is 26.3 Å². The molecule has 0 radical (unpaired) electrons. The zero-order valence-electron chi connectivity index (χ0n) is 9.46. The molecule has 2 nitrogen and oxygen atoms in total. The number of ketones is 1. The Kier molecular flexibility index (Phi) is 3.67. The molecule has 1 aromatic carbocycles. The number of rotatable bonds is 4. The van der Waals surface area contributed by atoms with Gasteiger partial charge < -0.3 is 4.74 Å². The minimum absolute atomic E-state index is 0.0342. The molecule has 0 aliphatic rings. The quantitative estimate of drug-likeness (QED) is 0.556. The molecule has 0 bridgehead atoms. The molecule has 0 saturated heterocycles. The molecule has 2 heteroatoms. The van der Waals surface area contributed by atoms with Gasteiger partial charge in [0, 0.05) is 5.56 Å². The number of hydrogen-bond acceptors (Lipinski definition) is 2. The predicted molar refractivity (Wildman–Crippen MR) is 61.6 cm³/mol. The number of carbonyl (C=O) groups is 1. The Bertz CT molecular complexity index is 369. The third-order valence-electron chi connectivity index (χ3n) is 2.25. The zero-order chi connectivity index (χ0) is 11.4. The lowest BCUT2D eigenvalue weighted by Gasteiger charge is -2.10. The molecule has 0 saturated carbocycles. The normalized spacial score (nSPS) is 9.80. The summed E-state index contributed by atoms with van der Waals surface area (Å²) in [4.78, 5) is 11.6. The molecule has 0 aliphatic carbocycles. The second kappa shape index (κ2) is 4.78. The van der Waals surface area contributed by atoms with Crippen LogP contribution in [0.25, 0.3) is 0 Å². The summed E-state index contributed by atoms with van der Waals surface area (Å²) in [5.74, 6) is 0.779. The van der Waals surface area contributed by atoms with Crippen LogP contribution in [0.3, 0.4) is 0 Å². The average Bonchev–Trinajstić information content (AvgIpc) is 2.16. The zero-order valence-corrected chi connectivity index (χ0v) is 9.46. The molecule has 0 spiro atoms. The summed E-state index contributed by atoms with van der Waals surface area (Å²) in [5, 5.41) is 0. The molecule has 0 heterocycles. The highest BCUT2D eigenvalue weighted by molar-refractivity contribution is 6.06. The summed E-state index contributed by atoms with van der Waals surface area (Å²) >= 11 is 0. The molecule has 1 aromatic rings. The van der Waals surface area contributed by atoms with E-state index in [-0.39, 0.29) is 5.78 Å². The van der Waals surface area contributed by atoms with Crippen LogP contribution in [0.2, 0.25) is 0 Å². The third-order valence-corrected chi connectivity index (χ3v) is 2.25. The summed E-state index contributed by atoms with van der Waals surface area (Å²) in [6, 6.07) is 3.76. The van der Waals surface area contributed by atoms with Crippen LogP contribution in [-0.4, -0.2) is 12.4 Å². The second-order valence-corrected chi connectivity index (χ2v) is 3.43. The highest BCUT2D eigenvalue weighted by atomic mass is 16.5. The van der Waals surface area contributed by atoms with E-state index in [1.54, 1.807) is 0 Å². The third kappa shape index (κ3) is 2.46. The van der Waals surface area contributed by atoms with Gasteiger partial charge in [0.05, 0.1) is 6.61 Å². The van der Waals surface area contributed by atoms with Crippen molar-refractivity contribution in [3.63, 3.8) is 0 Å². The largest absolute Gasteiger partial charge is 0.494 e. The van der Waals surface area contributed by atoms with Crippen molar-refractivity contribution in [2.45, 2.75) is 20.8 Å². The average molecular weight is 204 g/mol. The van der Waals surface area contributed by atoms with Crippen LogP contribution >= 0.6 is 0 Å². The molecule has 0 N–H and O–H groups in total. The predicted octanol–water partition coefficient (Wildman–Crippen LogP) is 3.07. The first-order chi connectivity index (χ1) is 7.10. The van der Waals surface area contributed by atoms with Crippen molar-refractivity contribution in [2.24, 2.45) is 0 Å². The van der Waals surface area contributed by atoms with Gasteiger partial charge >= 0.3 is 0 Å². The molecule has 0 aliphatic heterocycles. The first-order valence-electron chi connectivity index (χ1n) is 5.01. The Morgan fingerprint density at radius 2 is 1.93 bits per heavy atom. The SMILES string of the molecule is C=CC(=O)c1c(C)cc(OCC)cc1C. The van der Waals surface area contributed by atoms with Gasteiger partial charge in [-0.2, -0.15) is 0 Å². The number of aryl methyl sites for hydroxylation is 2. The lowest BCUT2D eigenvalue weighted by molar-refractivity contribution is 0.104. The second-order valence-electron chi connectivity index (χ2n) is 3.43. The van der Waals surface area contributed by atoms with Crippen LogP contribution in [-0.2, 0) is 0 Å². The summed E-state index contributed by atoms with van der Waals surface area (Å²) in [5.41, 5.74) is 2.60. The van der Waals surface area contributed by atoms with E-state index in [2.05, 4.69) is 6.58 Å². The molecular weight excluding hydrogens is 188 g/mol. The lowest BCUT2D eigenvalue weighted by Crippen LogP contribution is -2.02. The maximum Gasteiger partial charge on any atom is 0.185 e.